The van der Waals surface area contributed by atoms with Crippen molar-refractivity contribution in [3.05, 3.63) is 0 Å². The van der Waals surface area contributed by atoms with Gasteiger partial charge in [-0.05, 0) is 5.41 Å². The van der Waals surface area contributed by atoms with Crippen molar-refractivity contribution in [2.24, 2.45) is 5.41 Å². The minimum Gasteiger partial charge on any atom is -0.479 e. The van der Waals surface area contributed by atoms with Crippen LogP contribution in [-0.2, 0) is 24.1 Å². The molecule has 20 heavy (non-hydrogen) atoms. The van der Waals surface area contributed by atoms with Gasteiger partial charge in [-0.2, -0.15) is 8.42 Å². The third-order valence-corrected chi connectivity index (χ3v) is 2.86. The van der Waals surface area contributed by atoms with Crippen molar-refractivity contribution >= 4 is 16.4 Å². The summed E-state index contributed by atoms with van der Waals surface area (Å²) in [5.74, 6) is -1.45. The zero-order chi connectivity index (χ0) is 16.1. The van der Waals surface area contributed by atoms with E-state index in [0.29, 0.717) is 0 Å². The van der Waals surface area contributed by atoms with Crippen molar-refractivity contribution in [3.8, 4) is 0 Å². The van der Waals surface area contributed by atoms with E-state index in [1.54, 1.807) is 20.8 Å². The molecule has 4 N–H and O–H groups in total. The Bertz CT molecular complexity index is 411. The van der Waals surface area contributed by atoms with Gasteiger partial charge in [0.2, 0.25) is 0 Å². The van der Waals surface area contributed by atoms with Gasteiger partial charge in [0.1, 0.15) is 6.10 Å². The Labute approximate surface area is 117 Å². The third kappa shape index (κ3) is 6.59. The lowest BCUT2D eigenvalue weighted by Gasteiger charge is -2.36. The van der Waals surface area contributed by atoms with Crippen LogP contribution in [0, 0.1) is 5.41 Å². The van der Waals surface area contributed by atoms with Gasteiger partial charge in [0.25, 0.3) is 0 Å². The van der Waals surface area contributed by atoms with Crippen molar-refractivity contribution in [1.29, 1.82) is 0 Å². The van der Waals surface area contributed by atoms with Crippen LogP contribution >= 0.6 is 0 Å². The van der Waals surface area contributed by atoms with Gasteiger partial charge >= 0.3 is 16.4 Å². The molecule has 0 aromatic carbocycles. The highest BCUT2D eigenvalue weighted by molar-refractivity contribution is 7.80. The summed E-state index contributed by atoms with van der Waals surface area (Å²) in [4.78, 5) is 10.8. The number of carboxylic acids is 1. The first-order valence-electron chi connectivity index (χ1n) is 5.68. The van der Waals surface area contributed by atoms with Crippen LogP contribution in [-0.4, -0.2) is 65.8 Å². The highest BCUT2D eigenvalue weighted by Gasteiger charge is 2.39. The second-order valence-corrected chi connectivity index (χ2v) is 6.23. The average Bonchev–Trinajstić information content (AvgIpc) is 2.24. The van der Waals surface area contributed by atoms with Crippen molar-refractivity contribution in [2.75, 3.05) is 13.2 Å². The molecule has 0 spiro atoms. The molecule has 0 radical (unpaired) electrons. The monoisotopic (exact) mass is 316 g/mol. The van der Waals surface area contributed by atoms with Crippen LogP contribution in [0.2, 0.25) is 0 Å². The van der Waals surface area contributed by atoms with Crippen LogP contribution in [0.3, 0.4) is 0 Å². The number of aliphatic carboxylic acids is 1. The number of carbonyl (C=O) groups is 1. The number of ether oxygens (including phenoxy) is 1. The number of carboxylic acid groups (broad SMARTS) is 1. The molecule has 0 aliphatic heterocycles. The largest absolute Gasteiger partial charge is 0.479 e. The number of hydrogen-bond acceptors (Lipinski definition) is 7. The first-order chi connectivity index (χ1) is 8.92. The zero-order valence-corrected chi connectivity index (χ0v) is 12.2. The smallest absolute Gasteiger partial charge is 0.397 e. The van der Waals surface area contributed by atoms with Crippen LogP contribution in [0.15, 0.2) is 0 Å². The number of aliphatic hydroxyl groups is 2. The van der Waals surface area contributed by atoms with Gasteiger partial charge in [-0.15, -0.1) is 0 Å². The SMILES string of the molecule is CC(C)(C)C(OC(CO)C(=O)O)C(CO)OS(=O)(=O)O. The van der Waals surface area contributed by atoms with Crippen molar-refractivity contribution in [3.63, 3.8) is 0 Å². The van der Waals surface area contributed by atoms with Crippen LogP contribution < -0.4 is 0 Å². The Morgan fingerprint density at radius 2 is 1.70 bits per heavy atom. The fourth-order valence-electron chi connectivity index (χ4n) is 1.54. The molecule has 120 valence electrons. The van der Waals surface area contributed by atoms with Gasteiger partial charge in [-0.3, -0.25) is 4.55 Å². The molecule has 0 bridgehead atoms. The molecule has 0 aliphatic rings. The summed E-state index contributed by atoms with van der Waals surface area (Å²) in [6.45, 7) is 3.09. The lowest BCUT2D eigenvalue weighted by Crippen LogP contribution is -2.48. The van der Waals surface area contributed by atoms with Crippen LogP contribution in [0.4, 0.5) is 0 Å². The van der Waals surface area contributed by atoms with Crippen LogP contribution in [0.1, 0.15) is 20.8 Å². The predicted molar refractivity (Wildman–Crippen MR) is 66.3 cm³/mol. The van der Waals surface area contributed by atoms with Gasteiger partial charge in [0.15, 0.2) is 6.10 Å². The van der Waals surface area contributed by atoms with Gasteiger partial charge in [-0.25, -0.2) is 8.98 Å². The molecule has 0 fully saturated rings. The zero-order valence-electron chi connectivity index (χ0n) is 11.4. The van der Waals surface area contributed by atoms with E-state index in [2.05, 4.69) is 4.18 Å². The average molecular weight is 316 g/mol. The number of aliphatic hydroxyl groups excluding tert-OH is 2. The molecule has 0 aromatic rings. The second kappa shape index (κ2) is 7.29. The molecule has 0 heterocycles. The molecular weight excluding hydrogens is 296 g/mol. The van der Waals surface area contributed by atoms with Crippen LogP contribution in [0.5, 0.6) is 0 Å². The molecule has 0 aromatic heterocycles. The minimum atomic E-state index is -4.85. The fourth-order valence-corrected chi connectivity index (χ4v) is 2.01. The maximum Gasteiger partial charge on any atom is 0.397 e. The minimum absolute atomic E-state index is 0.832. The lowest BCUT2D eigenvalue weighted by molar-refractivity contribution is -0.174. The van der Waals surface area contributed by atoms with E-state index < -0.39 is 53.3 Å². The molecule has 3 atom stereocenters. The summed E-state index contributed by atoms with van der Waals surface area (Å²) in [7, 11) is -4.85. The normalized spacial score (nSPS) is 17.5. The Morgan fingerprint density at radius 1 is 1.20 bits per heavy atom. The summed E-state index contributed by atoms with van der Waals surface area (Å²) in [5.41, 5.74) is -0.832. The highest BCUT2D eigenvalue weighted by Crippen LogP contribution is 2.28. The second-order valence-electron chi connectivity index (χ2n) is 5.18. The molecule has 0 aliphatic carbocycles. The van der Waals surface area contributed by atoms with Crippen molar-refractivity contribution in [2.45, 2.75) is 39.1 Å². The highest BCUT2D eigenvalue weighted by atomic mass is 32.3. The fraction of sp³-hybridized carbons (Fsp3) is 0.900. The predicted octanol–water partition coefficient (Wildman–Crippen LogP) is -0.956. The Balaban J connectivity index is 5.28. The summed E-state index contributed by atoms with van der Waals surface area (Å²) in [5, 5.41) is 26.9. The van der Waals surface area contributed by atoms with Crippen LogP contribution in [0.25, 0.3) is 0 Å². The van der Waals surface area contributed by atoms with Gasteiger partial charge in [0, 0.05) is 0 Å². The van der Waals surface area contributed by atoms with E-state index in [4.69, 9.17) is 24.6 Å². The first kappa shape index (κ1) is 19.2. The lowest BCUT2D eigenvalue weighted by atomic mass is 9.85. The third-order valence-electron chi connectivity index (χ3n) is 2.37. The molecule has 10 heteroatoms. The molecule has 3 unspecified atom stereocenters. The van der Waals surface area contributed by atoms with Gasteiger partial charge in [-0.1, -0.05) is 20.8 Å². The molecular formula is C10H20O9S. The molecule has 9 nitrogen and oxygen atoms in total. The van der Waals surface area contributed by atoms with E-state index in [0.717, 1.165) is 0 Å². The van der Waals surface area contributed by atoms with E-state index in [1.807, 2.05) is 0 Å². The van der Waals surface area contributed by atoms with E-state index in [-0.39, 0.29) is 0 Å². The maximum absolute atomic E-state index is 10.8. The topological polar surface area (TPSA) is 151 Å². The van der Waals surface area contributed by atoms with E-state index in [1.165, 1.54) is 0 Å². The number of rotatable bonds is 8. The Morgan fingerprint density at radius 3 is 1.95 bits per heavy atom. The van der Waals surface area contributed by atoms with Crippen molar-refractivity contribution in [1.82, 2.24) is 0 Å². The Kier molecular flexibility index (Phi) is 7.01. The van der Waals surface area contributed by atoms with E-state index in [9.17, 15) is 13.2 Å². The van der Waals surface area contributed by atoms with Gasteiger partial charge < -0.3 is 20.1 Å². The quantitative estimate of drug-likeness (QED) is 0.415. The number of hydrogen-bond donors (Lipinski definition) is 4. The molecule has 0 saturated carbocycles. The first-order valence-corrected chi connectivity index (χ1v) is 7.04. The Hall–Kier alpha value is -0.780. The summed E-state index contributed by atoms with van der Waals surface area (Å²) < 4.78 is 39.5. The van der Waals surface area contributed by atoms with Crippen molar-refractivity contribution < 1.29 is 42.0 Å². The maximum atomic E-state index is 10.8. The summed E-state index contributed by atoms with van der Waals surface area (Å²) >= 11 is 0. The van der Waals surface area contributed by atoms with E-state index >= 15 is 0 Å². The standard InChI is InChI=1S/C10H20O9S/c1-10(2,3)8(18-7(5-12)9(13)14)6(4-11)19-20(15,16)17/h6-8,11-12H,4-5H2,1-3H3,(H,13,14)(H,15,16,17). The summed E-state index contributed by atoms with van der Waals surface area (Å²) in [6, 6.07) is 0. The molecule has 0 rings (SSSR count). The molecule has 0 saturated heterocycles. The molecule has 0 amide bonds. The summed E-state index contributed by atoms with van der Waals surface area (Å²) in [6.07, 6.45) is -4.33. The van der Waals surface area contributed by atoms with Gasteiger partial charge in [0.05, 0.1) is 19.3 Å².